The van der Waals surface area contributed by atoms with Crippen molar-refractivity contribution in [2.75, 3.05) is 12.4 Å². The van der Waals surface area contributed by atoms with Gasteiger partial charge in [0.05, 0.1) is 22.1 Å². The van der Waals surface area contributed by atoms with E-state index in [9.17, 15) is 0 Å². The number of imidazole rings is 1. The predicted molar refractivity (Wildman–Crippen MR) is 84.3 cm³/mol. The van der Waals surface area contributed by atoms with E-state index in [2.05, 4.69) is 50.6 Å². The van der Waals surface area contributed by atoms with Crippen LogP contribution in [0, 0.1) is 0 Å². The first-order valence-electron chi connectivity index (χ1n) is 6.36. The van der Waals surface area contributed by atoms with Crippen LogP contribution >= 0.6 is 11.3 Å². The van der Waals surface area contributed by atoms with Crippen molar-refractivity contribution in [2.24, 2.45) is 0 Å². The third kappa shape index (κ3) is 1.60. The van der Waals surface area contributed by atoms with E-state index in [1.165, 1.54) is 10.4 Å². The van der Waals surface area contributed by atoms with Crippen molar-refractivity contribution in [3.8, 4) is 10.4 Å². The molecule has 0 atom stereocenters. The van der Waals surface area contributed by atoms with Crippen LogP contribution in [0.2, 0.25) is 0 Å². The normalized spacial score (nSPS) is 11.2. The van der Waals surface area contributed by atoms with Crippen LogP contribution in [0.25, 0.3) is 31.7 Å². The number of nitrogens with zero attached hydrogens (tertiary/aromatic N) is 2. The first kappa shape index (κ1) is 11.4. The third-order valence-electron chi connectivity index (χ3n) is 3.33. The Balaban J connectivity index is 2.04. The Bertz CT molecular complexity index is 892. The third-order valence-corrected chi connectivity index (χ3v) is 4.52. The topological polar surface area (TPSA) is 53.6 Å². The Morgan fingerprint density at radius 1 is 1.20 bits per heavy atom. The van der Waals surface area contributed by atoms with Crippen molar-refractivity contribution in [3.05, 3.63) is 42.7 Å². The lowest BCUT2D eigenvalue weighted by Gasteiger charge is -2.00. The van der Waals surface area contributed by atoms with Gasteiger partial charge in [-0.25, -0.2) is 9.97 Å². The van der Waals surface area contributed by atoms with Gasteiger partial charge < -0.3 is 10.3 Å². The predicted octanol–water partition coefficient (Wildman–Crippen LogP) is 3.88. The average molecular weight is 280 g/mol. The van der Waals surface area contributed by atoms with Gasteiger partial charge >= 0.3 is 0 Å². The van der Waals surface area contributed by atoms with Gasteiger partial charge in [-0.1, -0.05) is 30.3 Å². The summed E-state index contributed by atoms with van der Waals surface area (Å²) in [5, 5.41) is 3.11. The van der Waals surface area contributed by atoms with Gasteiger partial charge in [-0.15, -0.1) is 11.3 Å². The van der Waals surface area contributed by atoms with Crippen molar-refractivity contribution in [1.29, 1.82) is 0 Å². The van der Waals surface area contributed by atoms with Crippen molar-refractivity contribution >= 4 is 38.4 Å². The number of fused-ring (bicyclic) bond motifs is 3. The second kappa shape index (κ2) is 4.31. The van der Waals surface area contributed by atoms with Crippen LogP contribution in [0.5, 0.6) is 0 Å². The van der Waals surface area contributed by atoms with E-state index >= 15 is 0 Å². The zero-order valence-corrected chi connectivity index (χ0v) is 11.7. The number of H-pyrrole nitrogens is 1. The molecule has 0 unspecified atom stereocenters. The molecular formula is C15H12N4S. The van der Waals surface area contributed by atoms with Crippen LogP contribution in [0.4, 0.5) is 5.82 Å². The van der Waals surface area contributed by atoms with Crippen molar-refractivity contribution in [1.82, 2.24) is 15.0 Å². The molecular weight excluding hydrogens is 268 g/mol. The van der Waals surface area contributed by atoms with Gasteiger partial charge in [0.25, 0.3) is 0 Å². The average Bonchev–Trinajstić information content (AvgIpc) is 3.13. The van der Waals surface area contributed by atoms with E-state index in [0.717, 1.165) is 27.1 Å². The molecule has 20 heavy (non-hydrogen) atoms. The monoisotopic (exact) mass is 280 g/mol. The Hall–Kier alpha value is -2.40. The summed E-state index contributed by atoms with van der Waals surface area (Å²) >= 11 is 1.74. The Labute approximate surface area is 119 Å². The van der Waals surface area contributed by atoms with E-state index in [4.69, 9.17) is 0 Å². The molecule has 0 spiro atoms. The second-order valence-corrected chi connectivity index (χ2v) is 5.58. The number of hydrogen-bond acceptors (Lipinski definition) is 4. The lowest BCUT2D eigenvalue weighted by molar-refractivity contribution is 1.32. The molecule has 0 saturated carbocycles. The molecule has 0 aliphatic rings. The molecule has 0 aliphatic carbocycles. The smallest absolute Gasteiger partial charge is 0.154 e. The molecule has 0 aliphatic heterocycles. The SMILES string of the molecule is CNc1nc2cc(-c3ccccc3)sc2c2[nH]cnc12. The highest BCUT2D eigenvalue weighted by molar-refractivity contribution is 7.23. The van der Waals surface area contributed by atoms with Crippen LogP contribution in [0.1, 0.15) is 0 Å². The van der Waals surface area contributed by atoms with E-state index in [1.54, 1.807) is 17.7 Å². The van der Waals surface area contributed by atoms with Crippen molar-refractivity contribution in [3.63, 3.8) is 0 Å². The van der Waals surface area contributed by atoms with Crippen LogP contribution < -0.4 is 5.32 Å². The van der Waals surface area contributed by atoms with Gasteiger partial charge in [0.2, 0.25) is 0 Å². The highest BCUT2D eigenvalue weighted by atomic mass is 32.1. The number of aromatic amines is 1. The summed E-state index contributed by atoms with van der Waals surface area (Å²) in [6, 6.07) is 12.5. The fraction of sp³-hybridized carbons (Fsp3) is 0.0667. The quantitative estimate of drug-likeness (QED) is 0.586. The summed E-state index contributed by atoms with van der Waals surface area (Å²) < 4.78 is 1.15. The van der Waals surface area contributed by atoms with E-state index < -0.39 is 0 Å². The van der Waals surface area contributed by atoms with Crippen molar-refractivity contribution in [2.45, 2.75) is 0 Å². The minimum Gasteiger partial charge on any atom is -0.371 e. The highest BCUT2D eigenvalue weighted by Crippen LogP contribution is 2.37. The maximum absolute atomic E-state index is 4.66. The van der Waals surface area contributed by atoms with Gasteiger partial charge in [-0.05, 0) is 11.6 Å². The number of hydrogen-bond donors (Lipinski definition) is 2. The Morgan fingerprint density at radius 3 is 2.85 bits per heavy atom. The second-order valence-electron chi connectivity index (χ2n) is 4.53. The standard InChI is InChI=1S/C15H12N4S/c1-16-15-13-12(17-8-18-13)14-10(19-15)7-11(20-14)9-5-3-2-4-6-9/h2-8H,1H3,(H,16,19)(H,17,18). The minimum absolute atomic E-state index is 0.811. The number of benzene rings is 1. The van der Waals surface area contributed by atoms with Gasteiger partial charge in [0.1, 0.15) is 5.52 Å². The number of rotatable bonds is 2. The maximum atomic E-state index is 4.66. The molecule has 0 amide bonds. The number of anilines is 1. The summed E-state index contributed by atoms with van der Waals surface area (Å²) in [6.07, 6.45) is 1.72. The molecule has 0 bridgehead atoms. The molecule has 1 aromatic carbocycles. The van der Waals surface area contributed by atoms with Gasteiger partial charge in [0, 0.05) is 11.9 Å². The lowest BCUT2D eigenvalue weighted by Crippen LogP contribution is -1.93. The number of aromatic nitrogens is 3. The number of nitrogens with one attached hydrogen (secondary N) is 2. The van der Waals surface area contributed by atoms with E-state index in [-0.39, 0.29) is 0 Å². The van der Waals surface area contributed by atoms with Crippen LogP contribution in [-0.4, -0.2) is 22.0 Å². The molecule has 0 fully saturated rings. The van der Waals surface area contributed by atoms with Gasteiger partial charge in [-0.2, -0.15) is 0 Å². The largest absolute Gasteiger partial charge is 0.371 e. The summed E-state index contributed by atoms with van der Waals surface area (Å²) in [5.74, 6) is 0.811. The summed E-state index contributed by atoms with van der Waals surface area (Å²) in [7, 11) is 1.87. The van der Waals surface area contributed by atoms with Gasteiger partial charge in [-0.3, -0.25) is 0 Å². The van der Waals surface area contributed by atoms with Crippen molar-refractivity contribution < 1.29 is 0 Å². The molecule has 4 aromatic rings. The molecule has 0 radical (unpaired) electrons. The molecule has 3 heterocycles. The molecule has 2 N–H and O–H groups in total. The van der Waals surface area contributed by atoms with Crippen LogP contribution in [0.15, 0.2) is 42.7 Å². The number of pyridine rings is 1. The van der Waals surface area contributed by atoms with Crippen LogP contribution in [0.3, 0.4) is 0 Å². The van der Waals surface area contributed by atoms with Gasteiger partial charge in [0.15, 0.2) is 5.82 Å². The Morgan fingerprint density at radius 2 is 2.05 bits per heavy atom. The molecule has 4 rings (SSSR count). The van der Waals surface area contributed by atoms with Crippen LogP contribution in [-0.2, 0) is 0 Å². The molecule has 0 saturated heterocycles. The minimum atomic E-state index is 0.811. The Kier molecular flexibility index (Phi) is 2.47. The summed E-state index contributed by atoms with van der Waals surface area (Å²) in [4.78, 5) is 13.4. The van der Waals surface area contributed by atoms with E-state index in [0.29, 0.717) is 0 Å². The highest BCUT2D eigenvalue weighted by Gasteiger charge is 2.13. The first-order chi connectivity index (χ1) is 9.86. The maximum Gasteiger partial charge on any atom is 0.154 e. The fourth-order valence-corrected chi connectivity index (χ4v) is 3.49. The summed E-state index contributed by atoms with van der Waals surface area (Å²) in [6.45, 7) is 0. The molecule has 4 nitrogen and oxygen atoms in total. The first-order valence-corrected chi connectivity index (χ1v) is 7.18. The van der Waals surface area contributed by atoms with E-state index in [1.807, 2.05) is 13.1 Å². The molecule has 3 aromatic heterocycles. The number of thiophene rings is 1. The fourth-order valence-electron chi connectivity index (χ4n) is 2.38. The molecule has 98 valence electrons. The summed E-state index contributed by atoms with van der Waals surface area (Å²) in [5.41, 5.74) is 4.15. The zero-order chi connectivity index (χ0) is 13.5. The lowest BCUT2D eigenvalue weighted by atomic mass is 10.2. The zero-order valence-electron chi connectivity index (χ0n) is 10.8. The molecule has 5 heteroatoms.